The highest BCUT2D eigenvalue weighted by Gasteiger charge is 2.18. The Bertz CT molecular complexity index is 1190. The van der Waals surface area contributed by atoms with Gasteiger partial charge in [0.1, 0.15) is 5.58 Å². The second-order valence-electron chi connectivity index (χ2n) is 7.45. The van der Waals surface area contributed by atoms with Gasteiger partial charge in [-0.25, -0.2) is 14.8 Å². The van der Waals surface area contributed by atoms with E-state index >= 15 is 0 Å². The maximum atomic E-state index is 12.7. The molecule has 0 radical (unpaired) electrons. The molecule has 148 valence electrons. The minimum Gasteiger partial charge on any atom is -0.422 e. The molecule has 0 unspecified atom stereocenters. The highest BCUT2D eigenvalue weighted by molar-refractivity contribution is 5.84. The standard InChI is InChI=1S/C22H23N5O2/c1-2-7-25-9-11-26(12-10-25)17-5-4-16-13-18(21(28)29-20(16)14-17)19-15-27-8-3-6-23-22(27)24-19/h3-6,8,13-15H,2,7,9-12H2,1H3. The van der Waals surface area contributed by atoms with Crippen LogP contribution >= 0.6 is 0 Å². The third kappa shape index (κ3) is 3.38. The average Bonchev–Trinajstić information content (AvgIpc) is 3.17. The fourth-order valence-electron chi connectivity index (χ4n) is 3.98. The number of hydrogen-bond acceptors (Lipinski definition) is 6. The van der Waals surface area contributed by atoms with Gasteiger partial charge in [-0.3, -0.25) is 9.30 Å². The van der Waals surface area contributed by atoms with Gasteiger partial charge in [0.25, 0.3) is 0 Å². The van der Waals surface area contributed by atoms with Crippen LogP contribution in [0.3, 0.4) is 0 Å². The molecule has 1 aliphatic heterocycles. The molecule has 5 rings (SSSR count). The van der Waals surface area contributed by atoms with Gasteiger partial charge >= 0.3 is 5.63 Å². The normalized spacial score (nSPS) is 15.4. The molecule has 0 spiro atoms. The van der Waals surface area contributed by atoms with Crippen molar-refractivity contribution in [2.75, 3.05) is 37.6 Å². The minimum atomic E-state index is -0.383. The van der Waals surface area contributed by atoms with E-state index in [4.69, 9.17) is 4.42 Å². The zero-order valence-corrected chi connectivity index (χ0v) is 16.4. The smallest absolute Gasteiger partial charge is 0.345 e. The summed E-state index contributed by atoms with van der Waals surface area (Å²) in [6.07, 6.45) is 6.52. The van der Waals surface area contributed by atoms with E-state index in [1.807, 2.05) is 30.5 Å². The molecule has 3 aromatic heterocycles. The Morgan fingerprint density at radius 2 is 2.00 bits per heavy atom. The first-order valence-electron chi connectivity index (χ1n) is 10.1. The number of aromatic nitrogens is 3. The summed E-state index contributed by atoms with van der Waals surface area (Å²) in [5.74, 6) is 0.555. The summed E-state index contributed by atoms with van der Waals surface area (Å²) in [7, 11) is 0. The summed E-state index contributed by atoms with van der Waals surface area (Å²) in [4.78, 5) is 26.2. The lowest BCUT2D eigenvalue weighted by atomic mass is 10.1. The van der Waals surface area contributed by atoms with Gasteiger partial charge in [-0.15, -0.1) is 0 Å². The molecule has 29 heavy (non-hydrogen) atoms. The number of imidazole rings is 1. The van der Waals surface area contributed by atoms with E-state index in [9.17, 15) is 4.79 Å². The van der Waals surface area contributed by atoms with Crippen LogP contribution in [-0.4, -0.2) is 52.0 Å². The predicted molar refractivity (Wildman–Crippen MR) is 113 cm³/mol. The maximum absolute atomic E-state index is 12.7. The van der Waals surface area contributed by atoms with Crippen LogP contribution < -0.4 is 10.5 Å². The van der Waals surface area contributed by atoms with Crippen molar-refractivity contribution < 1.29 is 4.42 Å². The number of hydrogen-bond donors (Lipinski definition) is 0. The van der Waals surface area contributed by atoms with Crippen LogP contribution in [0.25, 0.3) is 28.0 Å². The topological polar surface area (TPSA) is 66.9 Å². The summed E-state index contributed by atoms with van der Waals surface area (Å²) in [6.45, 7) is 7.48. The first kappa shape index (κ1) is 17.9. The van der Waals surface area contributed by atoms with Crippen molar-refractivity contribution in [1.82, 2.24) is 19.3 Å². The third-order valence-corrected chi connectivity index (χ3v) is 5.51. The second-order valence-corrected chi connectivity index (χ2v) is 7.45. The van der Waals surface area contributed by atoms with Crippen LogP contribution in [-0.2, 0) is 0 Å². The zero-order valence-electron chi connectivity index (χ0n) is 16.4. The Morgan fingerprint density at radius 3 is 2.79 bits per heavy atom. The van der Waals surface area contributed by atoms with Crippen molar-refractivity contribution >= 4 is 22.4 Å². The predicted octanol–water partition coefficient (Wildman–Crippen LogP) is 3.03. The van der Waals surface area contributed by atoms with E-state index in [1.165, 1.54) is 6.42 Å². The second kappa shape index (κ2) is 7.33. The number of nitrogens with zero attached hydrogens (tertiary/aromatic N) is 5. The van der Waals surface area contributed by atoms with Gasteiger partial charge < -0.3 is 9.32 Å². The van der Waals surface area contributed by atoms with Crippen LogP contribution in [0.5, 0.6) is 0 Å². The third-order valence-electron chi connectivity index (χ3n) is 5.51. The molecule has 0 saturated carbocycles. The molecule has 1 aromatic carbocycles. The van der Waals surface area contributed by atoms with Crippen molar-refractivity contribution in [2.45, 2.75) is 13.3 Å². The van der Waals surface area contributed by atoms with E-state index in [-0.39, 0.29) is 5.63 Å². The summed E-state index contributed by atoms with van der Waals surface area (Å²) in [5.41, 5.74) is 2.33. The molecule has 4 aromatic rings. The van der Waals surface area contributed by atoms with Crippen molar-refractivity contribution in [2.24, 2.45) is 0 Å². The quantitative estimate of drug-likeness (QED) is 0.500. The number of piperazine rings is 1. The molecule has 1 fully saturated rings. The van der Waals surface area contributed by atoms with Gasteiger partial charge in [0.15, 0.2) is 0 Å². The number of benzene rings is 1. The lowest BCUT2D eigenvalue weighted by Crippen LogP contribution is -2.46. The summed E-state index contributed by atoms with van der Waals surface area (Å²) in [5, 5.41) is 0.887. The first-order chi connectivity index (χ1) is 14.2. The highest BCUT2D eigenvalue weighted by Crippen LogP contribution is 2.25. The van der Waals surface area contributed by atoms with E-state index in [1.54, 1.807) is 16.8 Å². The van der Waals surface area contributed by atoms with Crippen molar-refractivity contribution in [3.8, 4) is 11.3 Å². The van der Waals surface area contributed by atoms with E-state index in [0.717, 1.165) is 43.8 Å². The van der Waals surface area contributed by atoms with Crippen LogP contribution in [0.15, 0.2) is 58.1 Å². The fourth-order valence-corrected chi connectivity index (χ4v) is 3.98. The Balaban J connectivity index is 1.46. The summed E-state index contributed by atoms with van der Waals surface area (Å²) >= 11 is 0. The number of fused-ring (bicyclic) bond motifs is 2. The molecule has 7 heteroatoms. The molecule has 0 N–H and O–H groups in total. The fraction of sp³-hybridized carbons (Fsp3) is 0.318. The lowest BCUT2D eigenvalue weighted by Gasteiger charge is -2.36. The Kier molecular flexibility index (Phi) is 4.52. The van der Waals surface area contributed by atoms with E-state index < -0.39 is 0 Å². The summed E-state index contributed by atoms with van der Waals surface area (Å²) in [6, 6.07) is 9.77. The van der Waals surface area contributed by atoms with Crippen molar-refractivity contribution in [3.63, 3.8) is 0 Å². The van der Waals surface area contributed by atoms with Gasteiger partial charge in [-0.05, 0) is 37.2 Å². The monoisotopic (exact) mass is 389 g/mol. The van der Waals surface area contributed by atoms with Crippen molar-refractivity contribution in [3.05, 3.63) is 59.3 Å². The lowest BCUT2D eigenvalue weighted by molar-refractivity contribution is 0.258. The molecule has 4 heterocycles. The summed E-state index contributed by atoms with van der Waals surface area (Å²) < 4.78 is 7.46. The van der Waals surface area contributed by atoms with Gasteiger partial charge in [0.2, 0.25) is 5.78 Å². The van der Waals surface area contributed by atoms with Crippen LogP contribution in [0, 0.1) is 0 Å². The van der Waals surface area contributed by atoms with Gasteiger partial charge in [0.05, 0.1) is 11.3 Å². The molecule has 0 atom stereocenters. The molecule has 1 aliphatic rings. The Labute approximate surface area is 168 Å². The zero-order chi connectivity index (χ0) is 19.8. The Morgan fingerprint density at radius 1 is 1.14 bits per heavy atom. The average molecular weight is 389 g/mol. The van der Waals surface area contributed by atoms with E-state index in [2.05, 4.69) is 32.8 Å². The molecule has 0 bridgehead atoms. The molecule has 0 amide bonds. The molecular formula is C22H23N5O2. The molecular weight excluding hydrogens is 366 g/mol. The number of anilines is 1. The SMILES string of the molecule is CCCN1CCN(c2ccc3cc(-c4cn5cccnc5n4)c(=O)oc3c2)CC1. The maximum Gasteiger partial charge on any atom is 0.345 e. The van der Waals surface area contributed by atoms with Gasteiger partial charge in [-0.1, -0.05) is 6.92 Å². The van der Waals surface area contributed by atoms with Gasteiger partial charge in [0, 0.05) is 61.9 Å². The van der Waals surface area contributed by atoms with Crippen molar-refractivity contribution in [1.29, 1.82) is 0 Å². The van der Waals surface area contributed by atoms with Crippen LogP contribution in [0.4, 0.5) is 5.69 Å². The largest absolute Gasteiger partial charge is 0.422 e. The first-order valence-corrected chi connectivity index (χ1v) is 10.1. The number of rotatable bonds is 4. The molecule has 0 aliphatic carbocycles. The van der Waals surface area contributed by atoms with Crippen LogP contribution in [0.1, 0.15) is 13.3 Å². The Hall–Kier alpha value is -3.19. The van der Waals surface area contributed by atoms with E-state index in [0.29, 0.717) is 22.6 Å². The molecule has 1 saturated heterocycles. The van der Waals surface area contributed by atoms with Crippen LogP contribution in [0.2, 0.25) is 0 Å². The molecule has 7 nitrogen and oxygen atoms in total. The minimum absolute atomic E-state index is 0.383. The van der Waals surface area contributed by atoms with Gasteiger partial charge in [-0.2, -0.15) is 0 Å². The highest BCUT2D eigenvalue weighted by atomic mass is 16.4.